The monoisotopic (exact) mass is 431 g/mol. The van der Waals surface area contributed by atoms with Crippen molar-refractivity contribution in [3.8, 4) is 22.8 Å². The number of fused-ring (bicyclic) bond motifs is 1. The number of likely N-dealkylation sites (tertiary alicyclic amines) is 1. The van der Waals surface area contributed by atoms with Crippen molar-refractivity contribution in [3.05, 3.63) is 65.7 Å². The summed E-state index contributed by atoms with van der Waals surface area (Å²) in [6.45, 7) is 3.14. The smallest absolute Gasteiger partial charge is 0.254 e. The van der Waals surface area contributed by atoms with Gasteiger partial charge in [0.25, 0.3) is 5.91 Å². The van der Waals surface area contributed by atoms with Gasteiger partial charge in [0.2, 0.25) is 0 Å². The first-order valence-electron chi connectivity index (χ1n) is 10.7. The molecular weight excluding hydrogens is 406 g/mol. The lowest BCUT2D eigenvalue weighted by Gasteiger charge is -2.43. The minimum Gasteiger partial charge on any atom is -0.507 e. The standard InChI is InChI=1S/C24H25N5O3/c25-23-22(11-19(27-28-23)18-3-1-2-4-21(18)30)32-10-9-15-5-7-16(8-6-15)24(31)29-14-17-12-26-13-20(17)29/h1-8,11,17,20,26,30H,9-10,12-14H2,(H2,25,28). The molecule has 2 aliphatic heterocycles. The molecule has 2 aromatic carbocycles. The summed E-state index contributed by atoms with van der Waals surface area (Å²) in [6, 6.07) is 16.6. The first-order chi connectivity index (χ1) is 15.6. The molecule has 8 heteroatoms. The van der Waals surface area contributed by atoms with E-state index in [1.165, 1.54) is 0 Å². The number of benzene rings is 2. The average molecular weight is 431 g/mol. The molecule has 2 unspecified atom stereocenters. The first-order valence-corrected chi connectivity index (χ1v) is 10.7. The highest BCUT2D eigenvalue weighted by Gasteiger charge is 2.44. The van der Waals surface area contributed by atoms with Crippen LogP contribution in [0.1, 0.15) is 15.9 Å². The molecule has 1 aromatic heterocycles. The summed E-state index contributed by atoms with van der Waals surface area (Å²) >= 11 is 0. The van der Waals surface area contributed by atoms with Crippen LogP contribution < -0.4 is 15.8 Å². The van der Waals surface area contributed by atoms with Crippen LogP contribution in [0.25, 0.3) is 11.3 Å². The lowest BCUT2D eigenvalue weighted by molar-refractivity contribution is 0.0327. The Labute approximate surface area is 186 Å². The number of nitrogens with two attached hydrogens (primary N) is 1. The number of nitrogens with one attached hydrogen (secondary N) is 1. The molecule has 164 valence electrons. The number of amides is 1. The van der Waals surface area contributed by atoms with E-state index in [1.54, 1.807) is 24.3 Å². The predicted octanol–water partition coefficient (Wildman–Crippen LogP) is 2.10. The van der Waals surface area contributed by atoms with Gasteiger partial charge in [0.15, 0.2) is 11.6 Å². The molecule has 2 fully saturated rings. The molecule has 2 aliphatic rings. The topological polar surface area (TPSA) is 114 Å². The van der Waals surface area contributed by atoms with Crippen molar-refractivity contribution in [1.82, 2.24) is 20.4 Å². The molecule has 1 amide bonds. The van der Waals surface area contributed by atoms with Crippen LogP contribution in [0.3, 0.4) is 0 Å². The van der Waals surface area contributed by atoms with Gasteiger partial charge in [0, 0.05) is 49.2 Å². The Morgan fingerprint density at radius 2 is 1.97 bits per heavy atom. The quantitative estimate of drug-likeness (QED) is 0.548. The Morgan fingerprint density at radius 3 is 2.75 bits per heavy atom. The second-order valence-electron chi connectivity index (χ2n) is 8.23. The molecule has 4 N–H and O–H groups in total. The number of hydrogen-bond acceptors (Lipinski definition) is 7. The summed E-state index contributed by atoms with van der Waals surface area (Å²) < 4.78 is 5.84. The minimum atomic E-state index is 0.102. The summed E-state index contributed by atoms with van der Waals surface area (Å²) in [7, 11) is 0. The zero-order chi connectivity index (χ0) is 22.1. The second-order valence-corrected chi connectivity index (χ2v) is 8.23. The lowest BCUT2D eigenvalue weighted by Crippen LogP contribution is -2.58. The summed E-state index contributed by atoms with van der Waals surface area (Å²) in [5.41, 5.74) is 8.74. The van der Waals surface area contributed by atoms with Gasteiger partial charge in [-0.15, -0.1) is 10.2 Å². The van der Waals surface area contributed by atoms with E-state index in [2.05, 4.69) is 15.5 Å². The molecule has 32 heavy (non-hydrogen) atoms. The van der Waals surface area contributed by atoms with Crippen molar-refractivity contribution in [3.63, 3.8) is 0 Å². The van der Waals surface area contributed by atoms with Crippen LogP contribution in [-0.4, -0.2) is 58.4 Å². The molecule has 5 rings (SSSR count). The van der Waals surface area contributed by atoms with E-state index in [9.17, 15) is 9.90 Å². The maximum Gasteiger partial charge on any atom is 0.254 e. The van der Waals surface area contributed by atoms with Crippen molar-refractivity contribution in [1.29, 1.82) is 0 Å². The van der Waals surface area contributed by atoms with Gasteiger partial charge in [0.05, 0.1) is 12.6 Å². The molecular formula is C24H25N5O3. The van der Waals surface area contributed by atoms with Crippen LogP contribution in [-0.2, 0) is 6.42 Å². The summed E-state index contributed by atoms with van der Waals surface area (Å²) in [4.78, 5) is 14.7. The number of nitrogens with zero attached hydrogens (tertiary/aromatic N) is 3. The number of ether oxygens (including phenoxy) is 1. The Balaban J connectivity index is 1.19. The number of phenols is 1. The molecule has 2 atom stereocenters. The van der Waals surface area contributed by atoms with Gasteiger partial charge in [0.1, 0.15) is 11.4 Å². The molecule has 3 aromatic rings. The van der Waals surface area contributed by atoms with Crippen LogP contribution >= 0.6 is 0 Å². The van der Waals surface area contributed by atoms with Crippen molar-refractivity contribution in [2.75, 3.05) is 32.0 Å². The van der Waals surface area contributed by atoms with Crippen LogP contribution in [0, 0.1) is 5.92 Å². The van der Waals surface area contributed by atoms with Gasteiger partial charge in [-0.1, -0.05) is 24.3 Å². The molecule has 0 saturated carbocycles. The highest BCUT2D eigenvalue weighted by atomic mass is 16.5. The molecule has 0 bridgehead atoms. The second kappa shape index (κ2) is 8.47. The Kier molecular flexibility index (Phi) is 5.36. The number of aromatic hydroxyl groups is 1. The SMILES string of the molecule is Nc1nnc(-c2ccccc2O)cc1OCCc1ccc(C(=O)N2CC3CNCC32)cc1. The number of phenolic OH excluding ortho intramolecular Hbond substituents is 1. The molecule has 0 spiro atoms. The van der Waals surface area contributed by atoms with Crippen molar-refractivity contribution >= 4 is 11.7 Å². The fraction of sp³-hybridized carbons (Fsp3) is 0.292. The van der Waals surface area contributed by atoms with Crippen molar-refractivity contribution in [2.24, 2.45) is 5.92 Å². The average Bonchev–Trinajstić information content (AvgIpc) is 3.16. The van der Waals surface area contributed by atoms with Gasteiger partial charge in [-0.25, -0.2) is 0 Å². The lowest BCUT2D eigenvalue weighted by atomic mass is 9.91. The van der Waals surface area contributed by atoms with Crippen LogP contribution in [0.4, 0.5) is 5.82 Å². The molecule has 0 aliphatic carbocycles. The number of carbonyl (C=O) groups excluding carboxylic acids is 1. The maximum absolute atomic E-state index is 12.7. The normalized spacial score (nSPS) is 19.3. The zero-order valence-electron chi connectivity index (χ0n) is 17.6. The highest BCUT2D eigenvalue weighted by molar-refractivity contribution is 5.95. The third-order valence-corrected chi connectivity index (χ3v) is 6.21. The molecule has 0 radical (unpaired) electrons. The van der Waals surface area contributed by atoms with Crippen LogP contribution in [0.5, 0.6) is 11.5 Å². The van der Waals surface area contributed by atoms with Crippen molar-refractivity contribution in [2.45, 2.75) is 12.5 Å². The van der Waals surface area contributed by atoms with Gasteiger partial charge < -0.3 is 25.8 Å². The van der Waals surface area contributed by atoms with Gasteiger partial charge in [-0.05, 0) is 29.8 Å². The number of carbonyl (C=O) groups is 1. The number of hydrogen-bond donors (Lipinski definition) is 3. The fourth-order valence-electron chi connectivity index (χ4n) is 4.33. The van der Waals surface area contributed by atoms with E-state index in [1.807, 2.05) is 35.2 Å². The summed E-state index contributed by atoms with van der Waals surface area (Å²) in [5, 5.41) is 21.4. The third kappa shape index (κ3) is 3.85. The van der Waals surface area contributed by atoms with Gasteiger partial charge in [-0.3, -0.25) is 4.79 Å². The Hall–Kier alpha value is -3.65. The van der Waals surface area contributed by atoms with Crippen LogP contribution in [0.15, 0.2) is 54.6 Å². The van der Waals surface area contributed by atoms with Gasteiger partial charge in [-0.2, -0.15) is 0 Å². The maximum atomic E-state index is 12.7. The van der Waals surface area contributed by atoms with E-state index >= 15 is 0 Å². The largest absolute Gasteiger partial charge is 0.507 e. The number of para-hydroxylation sites is 1. The molecule has 2 saturated heterocycles. The summed E-state index contributed by atoms with van der Waals surface area (Å²) in [6.07, 6.45) is 0.653. The predicted molar refractivity (Wildman–Crippen MR) is 120 cm³/mol. The van der Waals surface area contributed by atoms with E-state index in [0.717, 1.165) is 30.8 Å². The minimum absolute atomic E-state index is 0.102. The zero-order valence-corrected chi connectivity index (χ0v) is 17.6. The fourth-order valence-corrected chi connectivity index (χ4v) is 4.33. The Morgan fingerprint density at radius 1 is 1.16 bits per heavy atom. The van der Waals surface area contributed by atoms with Gasteiger partial charge >= 0.3 is 0 Å². The number of nitrogen functional groups attached to an aromatic ring is 1. The van der Waals surface area contributed by atoms with E-state index in [-0.39, 0.29) is 17.5 Å². The molecule has 3 heterocycles. The first kappa shape index (κ1) is 20.3. The van der Waals surface area contributed by atoms with Crippen LogP contribution in [0.2, 0.25) is 0 Å². The summed E-state index contributed by atoms with van der Waals surface area (Å²) in [5.74, 6) is 1.44. The Bertz CT molecular complexity index is 1130. The van der Waals surface area contributed by atoms with E-state index in [4.69, 9.17) is 10.5 Å². The molecule has 8 nitrogen and oxygen atoms in total. The number of anilines is 1. The number of rotatable bonds is 6. The van der Waals surface area contributed by atoms with E-state index < -0.39 is 0 Å². The van der Waals surface area contributed by atoms with E-state index in [0.29, 0.717) is 42.0 Å². The third-order valence-electron chi connectivity index (χ3n) is 6.21. The number of aromatic nitrogens is 2. The van der Waals surface area contributed by atoms with Crippen molar-refractivity contribution < 1.29 is 14.6 Å². The highest BCUT2D eigenvalue weighted by Crippen LogP contribution is 2.31.